The molecule has 5 nitrogen and oxygen atoms in total. The van der Waals surface area contributed by atoms with Crippen LogP contribution in [0.2, 0.25) is 5.02 Å². The van der Waals surface area contributed by atoms with Gasteiger partial charge in [-0.25, -0.2) is 0 Å². The second-order valence-corrected chi connectivity index (χ2v) is 4.00. The first-order valence-corrected chi connectivity index (χ1v) is 5.67. The van der Waals surface area contributed by atoms with Crippen LogP contribution >= 0.6 is 11.6 Å². The number of phenols is 1. The lowest BCUT2D eigenvalue weighted by atomic mass is 10.1. The van der Waals surface area contributed by atoms with Crippen molar-refractivity contribution in [2.24, 2.45) is 0 Å². The molecule has 94 valence electrons. The molecule has 0 aromatic heterocycles. The Morgan fingerprint density at radius 2 is 2.24 bits per heavy atom. The summed E-state index contributed by atoms with van der Waals surface area (Å²) in [5.74, 6) is 1.06. The third-order valence-electron chi connectivity index (χ3n) is 2.45. The average Bonchev–Trinajstić information content (AvgIpc) is 2.55. The van der Waals surface area contributed by atoms with Gasteiger partial charge in [0.15, 0.2) is 11.5 Å². The van der Waals surface area contributed by atoms with Gasteiger partial charge in [-0.2, -0.15) is 5.48 Å². The fourth-order valence-corrected chi connectivity index (χ4v) is 1.85. The maximum Gasteiger partial charge on any atom is 0.169 e. The van der Waals surface area contributed by atoms with Gasteiger partial charge in [-0.1, -0.05) is 11.6 Å². The molecule has 0 saturated carbocycles. The van der Waals surface area contributed by atoms with Crippen LogP contribution < -0.4 is 15.0 Å². The van der Waals surface area contributed by atoms with Crippen molar-refractivity contribution < 1.29 is 19.4 Å². The number of rotatable bonds is 3. The summed E-state index contributed by atoms with van der Waals surface area (Å²) < 4.78 is 11.1. The van der Waals surface area contributed by atoms with E-state index in [1.807, 2.05) is 0 Å². The standard InChI is InChI=1S/C11H14ClNO4/c1-15-13-6-7-10(14)8(12)5-9-11(7)17-4-2-3-16-9/h5,13-14H,2-4,6H2,1H3. The smallest absolute Gasteiger partial charge is 0.169 e. The number of hydroxylamine groups is 1. The van der Waals surface area contributed by atoms with E-state index in [1.54, 1.807) is 6.07 Å². The number of benzene rings is 1. The first kappa shape index (κ1) is 12.3. The topological polar surface area (TPSA) is 60.0 Å². The molecule has 0 atom stereocenters. The van der Waals surface area contributed by atoms with E-state index in [1.165, 1.54) is 7.11 Å². The number of hydrogen-bond acceptors (Lipinski definition) is 5. The molecule has 0 saturated heterocycles. The van der Waals surface area contributed by atoms with Gasteiger partial charge in [0.2, 0.25) is 0 Å². The van der Waals surface area contributed by atoms with E-state index >= 15 is 0 Å². The number of hydrogen-bond donors (Lipinski definition) is 2. The van der Waals surface area contributed by atoms with Crippen LogP contribution in [-0.4, -0.2) is 25.4 Å². The van der Waals surface area contributed by atoms with Gasteiger partial charge < -0.3 is 19.4 Å². The number of phenolic OH excluding ortho intramolecular Hbond substituents is 1. The Hall–Kier alpha value is -1.17. The summed E-state index contributed by atoms with van der Waals surface area (Å²) in [6.45, 7) is 1.41. The quantitative estimate of drug-likeness (QED) is 0.812. The number of halogens is 1. The van der Waals surface area contributed by atoms with Crippen molar-refractivity contribution in [3.63, 3.8) is 0 Å². The second-order valence-electron chi connectivity index (χ2n) is 3.59. The van der Waals surface area contributed by atoms with Crippen LogP contribution in [-0.2, 0) is 11.4 Å². The van der Waals surface area contributed by atoms with Crippen molar-refractivity contribution in [3.05, 3.63) is 16.7 Å². The molecule has 0 spiro atoms. The van der Waals surface area contributed by atoms with Crippen molar-refractivity contribution in [1.82, 2.24) is 5.48 Å². The van der Waals surface area contributed by atoms with Crippen molar-refractivity contribution >= 4 is 11.6 Å². The molecule has 1 aliphatic rings. The van der Waals surface area contributed by atoms with Crippen LogP contribution in [0.5, 0.6) is 17.2 Å². The minimum absolute atomic E-state index is 0.0135. The van der Waals surface area contributed by atoms with Gasteiger partial charge >= 0.3 is 0 Å². The summed E-state index contributed by atoms with van der Waals surface area (Å²) in [7, 11) is 1.50. The van der Waals surface area contributed by atoms with Crippen LogP contribution in [0.1, 0.15) is 12.0 Å². The summed E-state index contributed by atoms with van der Waals surface area (Å²) in [5.41, 5.74) is 3.19. The fraction of sp³-hybridized carbons (Fsp3) is 0.455. The lowest BCUT2D eigenvalue weighted by Crippen LogP contribution is -2.12. The number of aromatic hydroxyl groups is 1. The van der Waals surface area contributed by atoms with E-state index in [9.17, 15) is 5.11 Å². The molecule has 0 unspecified atom stereocenters. The highest BCUT2D eigenvalue weighted by molar-refractivity contribution is 6.32. The molecule has 1 aliphatic heterocycles. The normalized spacial score (nSPS) is 14.5. The van der Waals surface area contributed by atoms with Crippen molar-refractivity contribution in [1.29, 1.82) is 0 Å². The Bertz CT molecular complexity index is 411. The molecule has 2 rings (SSSR count). The highest BCUT2D eigenvalue weighted by Crippen LogP contribution is 2.43. The fourth-order valence-electron chi connectivity index (χ4n) is 1.64. The van der Waals surface area contributed by atoms with E-state index in [0.717, 1.165) is 6.42 Å². The van der Waals surface area contributed by atoms with Crippen molar-refractivity contribution in [2.75, 3.05) is 20.3 Å². The Balaban J connectivity index is 2.42. The zero-order valence-electron chi connectivity index (χ0n) is 9.46. The first-order chi connectivity index (χ1) is 8.24. The summed E-state index contributed by atoms with van der Waals surface area (Å²) in [4.78, 5) is 4.76. The third kappa shape index (κ3) is 2.57. The van der Waals surface area contributed by atoms with Gasteiger partial charge in [0, 0.05) is 12.5 Å². The molecular weight excluding hydrogens is 246 g/mol. The van der Waals surface area contributed by atoms with E-state index in [4.69, 9.17) is 25.9 Å². The van der Waals surface area contributed by atoms with Crippen molar-refractivity contribution in [3.8, 4) is 17.2 Å². The molecule has 0 amide bonds. The number of nitrogens with one attached hydrogen (secondary N) is 1. The van der Waals surface area contributed by atoms with Crippen LogP contribution in [0.3, 0.4) is 0 Å². The largest absolute Gasteiger partial charge is 0.506 e. The highest BCUT2D eigenvalue weighted by atomic mass is 35.5. The summed E-state index contributed by atoms with van der Waals surface area (Å²) in [6.07, 6.45) is 0.796. The molecular formula is C11H14ClNO4. The molecule has 1 aromatic carbocycles. The molecule has 6 heteroatoms. The van der Waals surface area contributed by atoms with Crippen LogP contribution in [0.25, 0.3) is 0 Å². The minimum atomic E-state index is -0.0135. The number of fused-ring (bicyclic) bond motifs is 1. The molecule has 2 N–H and O–H groups in total. The van der Waals surface area contributed by atoms with Gasteiger partial charge in [0.25, 0.3) is 0 Å². The zero-order valence-corrected chi connectivity index (χ0v) is 10.2. The average molecular weight is 260 g/mol. The molecule has 1 aromatic rings. The molecule has 17 heavy (non-hydrogen) atoms. The van der Waals surface area contributed by atoms with Gasteiger partial charge in [-0.05, 0) is 0 Å². The SMILES string of the molecule is CONCc1c(O)c(Cl)cc2c1OCCCO2. The summed E-state index contributed by atoms with van der Waals surface area (Å²) >= 11 is 5.93. The first-order valence-electron chi connectivity index (χ1n) is 5.30. The Labute approximate surface area is 104 Å². The van der Waals surface area contributed by atoms with E-state index in [2.05, 4.69) is 5.48 Å². The molecule has 0 radical (unpaired) electrons. The summed E-state index contributed by atoms with van der Waals surface area (Å²) in [6, 6.07) is 1.56. The Kier molecular flexibility index (Phi) is 3.93. The van der Waals surface area contributed by atoms with Gasteiger partial charge in [0.1, 0.15) is 5.75 Å². The van der Waals surface area contributed by atoms with Gasteiger partial charge in [-0.15, -0.1) is 0 Å². The molecule has 0 bridgehead atoms. The second kappa shape index (κ2) is 5.44. The Morgan fingerprint density at radius 1 is 1.47 bits per heavy atom. The Morgan fingerprint density at radius 3 is 3.00 bits per heavy atom. The van der Waals surface area contributed by atoms with E-state index < -0.39 is 0 Å². The minimum Gasteiger partial charge on any atom is -0.506 e. The van der Waals surface area contributed by atoms with Crippen LogP contribution in [0.15, 0.2) is 6.07 Å². The molecule has 0 fully saturated rings. The maximum atomic E-state index is 9.91. The monoisotopic (exact) mass is 259 g/mol. The predicted molar refractivity (Wildman–Crippen MR) is 62.6 cm³/mol. The number of ether oxygens (including phenoxy) is 2. The maximum absolute atomic E-state index is 9.91. The lowest BCUT2D eigenvalue weighted by Gasteiger charge is -2.15. The van der Waals surface area contributed by atoms with Crippen LogP contribution in [0, 0.1) is 0 Å². The van der Waals surface area contributed by atoms with Crippen LogP contribution in [0.4, 0.5) is 0 Å². The summed E-state index contributed by atoms with van der Waals surface area (Å²) in [5, 5.41) is 10.1. The predicted octanol–water partition coefficient (Wildman–Crippen LogP) is 1.86. The van der Waals surface area contributed by atoms with E-state index in [-0.39, 0.29) is 17.3 Å². The zero-order chi connectivity index (χ0) is 12.3. The molecule has 1 heterocycles. The highest BCUT2D eigenvalue weighted by Gasteiger charge is 2.21. The van der Waals surface area contributed by atoms with Gasteiger partial charge in [0.05, 0.1) is 37.5 Å². The third-order valence-corrected chi connectivity index (χ3v) is 2.74. The van der Waals surface area contributed by atoms with Crippen molar-refractivity contribution in [2.45, 2.75) is 13.0 Å². The van der Waals surface area contributed by atoms with Gasteiger partial charge in [-0.3, -0.25) is 0 Å². The lowest BCUT2D eigenvalue weighted by molar-refractivity contribution is 0.0853. The molecule has 0 aliphatic carbocycles. The van der Waals surface area contributed by atoms with E-state index in [0.29, 0.717) is 30.3 Å².